The monoisotopic (exact) mass is 510 g/mol. The topological polar surface area (TPSA) is 93.0 Å². The molecule has 36 heavy (non-hydrogen) atoms. The van der Waals surface area contributed by atoms with E-state index in [0.717, 1.165) is 36.4 Å². The molecule has 2 aromatic heterocycles. The zero-order chi connectivity index (χ0) is 25.3. The van der Waals surface area contributed by atoms with Crippen molar-refractivity contribution < 1.29 is 17.2 Å². The number of para-hydroxylation sites is 1. The Bertz CT molecular complexity index is 1470. The summed E-state index contributed by atoms with van der Waals surface area (Å²) in [5.74, 6) is 0.0276. The summed E-state index contributed by atoms with van der Waals surface area (Å²) in [6, 6.07) is 12.8. The van der Waals surface area contributed by atoms with Crippen LogP contribution in [0.25, 0.3) is 11.1 Å². The van der Waals surface area contributed by atoms with Gasteiger partial charge in [-0.1, -0.05) is 12.1 Å². The number of hydrogen-bond acceptors (Lipinski definition) is 6. The predicted molar refractivity (Wildman–Crippen MR) is 132 cm³/mol. The SMILES string of the molecule is Cn1cnnc1C1CCN(c2c(NS(=O)(=O)c3ccc(F)cc3)cccc2-c2ccc(F)nc2)CC1. The normalized spacial score (nSPS) is 14.7. The molecule has 1 aliphatic heterocycles. The van der Waals surface area contributed by atoms with Crippen LogP contribution in [0, 0.1) is 11.8 Å². The van der Waals surface area contributed by atoms with Crippen LogP contribution in [0.1, 0.15) is 24.6 Å². The van der Waals surface area contributed by atoms with Gasteiger partial charge in [0.05, 0.1) is 16.3 Å². The fraction of sp³-hybridized carbons (Fsp3) is 0.240. The average Bonchev–Trinajstić information content (AvgIpc) is 3.30. The van der Waals surface area contributed by atoms with Crippen LogP contribution in [0.2, 0.25) is 0 Å². The van der Waals surface area contributed by atoms with E-state index in [1.165, 1.54) is 24.4 Å². The summed E-state index contributed by atoms with van der Waals surface area (Å²) in [5, 5.41) is 8.23. The van der Waals surface area contributed by atoms with E-state index in [4.69, 9.17) is 0 Å². The van der Waals surface area contributed by atoms with Gasteiger partial charge in [-0.15, -0.1) is 10.2 Å². The lowest BCUT2D eigenvalue weighted by Gasteiger charge is -2.35. The third-order valence-corrected chi connectivity index (χ3v) is 7.75. The minimum atomic E-state index is -3.99. The lowest BCUT2D eigenvalue weighted by atomic mass is 9.94. The van der Waals surface area contributed by atoms with Crippen molar-refractivity contribution >= 4 is 21.4 Å². The minimum Gasteiger partial charge on any atom is -0.369 e. The molecule has 5 rings (SSSR count). The first-order valence-corrected chi connectivity index (χ1v) is 12.9. The van der Waals surface area contributed by atoms with E-state index in [1.54, 1.807) is 24.5 Å². The highest BCUT2D eigenvalue weighted by Crippen LogP contribution is 2.41. The fourth-order valence-corrected chi connectivity index (χ4v) is 5.64. The van der Waals surface area contributed by atoms with Crippen LogP contribution >= 0.6 is 0 Å². The summed E-state index contributed by atoms with van der Waals surface area (Å²) in [6.45, 7) is 1.29. The molecule has 0 spiro atoms. The molecule has 3 heterocycles. The van der Waals surface area contributed by atoms with E-state index in [9.17, 15) is 17.2 Å². The van der Waals surface area contributed by atoms with Gasteiger partial charge in [0.1, 0.15) is 18.0 Å². The molecule has 0 radical (unpaired) electrons. The second-order valence-electron chi connectivity index (χ2n) is 8.69. The van der Waals surface area contributed by atoms with Crippen LogP contribution in [0.3, 0.4) is 0 Å². The number of piperidine rings is 1. The second kappa shape index (κ2) is 9.65. The molecule has 1 aliphatic rings. The number of pyridine rings is 1. The van der Waals surface area contributed by atoms with Gasteiger partial charge < -0.3 is 9.47 Å². The van der Waals surface area contributed by atoms with Crippen molar-refractivity contribution in [2.24, 2.45) is 7.05 Å². The number of nitrogens with one attached hydrogen (secondary N) is 1. The minimum absolute atomic E-state index is 0.0512. The van der Waals surface area contributed by atoms with Gasteiger partial charge in [-0.05, 0) is 55.3 Å². The third-order valence-electron chi connectivity index (χ3n) is 6.37. The molecule has 0 saturated carbocycles. The van der Waals surface area contributed by atoms with E-state index in [1.807, 2.05) is 17.7 Å². The van der Waals surface area contributed by atoms with Crippen LogP contribution < -0.4 is 9.62 Å². The van der Waals surface area contributed by atoms with Crippen molar-refractivity contribution in [2.75, 3.05) is 22.7 Å². The number of aryl methyl sites for hydroxylation is 1. The second-order valence-corrected chi connectivity index (χ2v) is 10.4. The van der Waals surface area contributed by atoms with Gasteiger partial charge in [-0.2, -0.15) is 4.39 Å². The quantitative estimate of drug-likeness (QED) is 0.388. The highest BCUT2D eigenvalue weighted by molar-refractivity contribution is 7.92. The lowest BCUT2D eigenvalue weighted by Crippen LogP contribution is -2.34. The first kappa shape index (κ1) is 23.9. The van der Waals surface area contributed by atoms with Crippen molar-refractivity contribution in [3.05, 3.63) is 84.7 Å². The lowest BCUT2D eigenvalue weighted by molar-refractivity contribution is 0.474. The number of aromatic nitrogens is 4. The summed E-state index contributed by atoms with van der Waals surface area (Å²) >= 11 is 0. The van der Waals surface area contributed by atoms with Gasteiger partial charge in [0.25, 0.3) is 10.0 Å². The van der Waals surface area contributed by atoms with Gasteiger partial charge in [0.2, 0.25) is 5.95 Å². The number of hydrogen-bond donors (Lipinski definition) is 1. The maximum Gasteiger partial charge on any atom is 0.261 e. The van der Waals surface area contributed by atoms with Crippen molar-refractivity contribution in [1.82, 2.24) is 19.7 Å². The van der Waals surface area contributed by atoms with E-state index < -0.39 is 21.8 Å². The molecule has 1 fully saturated rings. The molecular weight excluding hydrogens is 486 g/mol. The number of sulfonamides is 1. The van der Waals surface area contributed by atoms with Crippen LogP contribution in [0.4, 0.5) is 20.2 Å². The Morgan fingerprint density at radius 3 is 2.39 bits per heavy atom. The van der Waals surface area contributed by atoms with E-state index >= 15 is 0 Å². The summed E-state index contributed by atoms with van der Waals surface area (Å²) in [5.41, 5.74) is 2.43. The Morgan fingerprint density at radius 2 is 1.75 bits per heavy atom. The van der Waals surface area contributed by atoms with Crippen LogP contribution in [-0.2, 0) is 17.1 Å². The fourth-order valence-electron chi connectivity index (χ4n) is 4.58. The molecule has 11 heteroatoms. The Morgan fingerprint density at radius 1 is 1.00 bits per heavy atom. The van der Waals surface area contributed by atoms with Crippen LogP contribution in [0.15, 0.2) is 72.0 Å². The maximum atomic E-state index is 13.5. The molecule has 1 saturated heterocycles. The van der Waals surface area contributed by atoms with Gasteiger partial charge in [0.15, 0.2) is 0 Å². The number of benzene rings is 2. The van der Waals surface area contributed by atoms with Gasteiger partial charge >= 0.3 is 0 Å². The number of halogens is 2. The predicted octanol–water partition coefficient (Wildman–Crippen LogP) is 4.34. The maximum absolute atomic E-state index is 13.5. The first-order chi connectivity index (χ1) is 17.3. The van der Waals surface area contributed by atoms with E-state index in [2.05, 4.69) is 24.8 Å². The van der Waals surface area contributed by atoms with Crippen molar-refractivity contribution in [2.45, 2.75) is 23.7 Å². The zero-order valence-electron chi connectivity index (χ0n) is 19.5. The van der Waals surface area contributed by atoms with Gasteiger partial charge in [0, 0.05) is 43.4 Å². The summed E-state index contributed by atoms with van der Waals surface area (Å²) in [6.07, 6.45) is 4.71. The third kappa shape index (κ3) is 4.78. The van der Waals surface area contributed by atoms with Gasteiger partial charge in [-0.25, -0.2) is 17.8 Å². The summed E-state index contributed by atoms with van der Waals surface area (Å²) < 4.78 is 57.8. The van der Waals surface area contributed by atoms with E-state index in [0.29, 0.717) is 30.0 Å². The number of anilines is 2. The number of rotatable bonds is 6. The molecular formula is C25H24F2N6O2S. The number of nitrogens with zero attached hydrogens (tertiary/aromatic N) is 5. The molecule has 0 amide bonds. The summed E-state index contributed by atoms with van der Waals surface area (Å²) in [7, 11) is -2.07. The molecule has 0 aliphatic carbocycles. The Hall–Kier alpha value is -3.86. The van der Waals surface area contributed by atoms with Gasteiger partial charge in [-0.3, -0.25) is 4.72 Å². The highest BCUT2D eigenvalue weighted by atomic mass is 32.2. The largest absolute Gasteiger partial charge is 0.369 e. The molecule has 0 unspecified atom stereocenters. The smallest absolute Gasteiger partial charge is 0.261 e. The molecule has 0 atom stereocenters. The molecule has 1 N–H and O–H groups in total. The molecule has 2 aromatic carbocycles. The Kier molecular flexibility index (Phi) is 6.40. The average molecular weight is 511 g/mol. The molecule has 4 aromatic rings. The van der Waals surface area contributed by atoms with Crippen LogP contribution in [-0.4, -0.2) is 41.3 Å². The zero-order valence-corrected chi connectivity index (χ0v) is 20.3. The Balaban J connectivity index is 1.52. The van der Waals surface area contributed by atoms with Crippen molar-refractivity contribution in [3.8, 4) is 11.1 Å². The molecule has 186 valence electrons. The van der Waals surface area contributed by atoms with Crippen molar-refractivity contribution in [1.29, 1.82) is 0 Å². The molecule has 8 nitrogen and oxygen atoms in total. The Labute approximate surface area is 207 Å². The standard InChI is InChI=1S/C25H24F2N6O2S/c1-32-16-29-30-25(32)17-11-13-33(14-12-17)24-21(18-5-10-23(27)28-15-18)3-2-4-22(24)31-36(34,35)20-8-6-19(26)7-9-20/h2-10,15-17,31H,11-14H2,1H3. The summed E-state index contributed by atoms with van der Waals surface area (Å²) in [4.78, 5) is 5.85. The molecule has 0 bridgehead atoms. The van der Waals surface area contributed by atoms with Crippen molar-refractivity contribution in [3.63, 3.8) is 0 Å². The van der Waals surface area contributed by atoms with Crippen LogP contribution in [0.5, 0.6) is 0 Å². The first-order valence-electron chi connectivity index (χ1n) is 11.4. The van der Waals surface area contributed by atoms with E-state index in [-0.39, 0.29) is 10.8 Å². The highest BCUT2D eigenvalue weighted by Gasteiger charge is 2.28.